The van der Waals surface area contributed by atoms with Crippen LogP contribution in [0, 0.1) is 5.92 Å². The van der Waals surface area contributed by atoms with Crippen molar-refractivity contribution < 1.29 is 17.9 Å². The average Bonchev–Trinajstić information content (AvgIpc) is 2.75. The Morgan fingerprint density at radius 1 is 1.13 bits per heavy atom. The van der Waals surface area contributed by atoms with E-state index in [4.69, 9.17) is 21.1 Å². The molecule has 2 aromatic carbocycles. The third-order valence-corrected chi connectivity index (χ3v) is 7.63. The average molecular weight is 467 g/mol. The number of likely N-dealkylation sites (N-methyl/N-ethyl adjacent to an activating group) is 1. The molecule has 0 bridgehead atoms. The number of ether oxygens (including phenoxy) is 2. The SMILES string of the molecule is CCN1CCc2cc(OC)c(OC)cc2C1C(NS(=O)(=O)c1ccc(Cl)cc1)C(C)C. The molecule has 1 aliphatic heterocycles. The molecule has 170 valence electrons. The van der Waals surface area contributed by atoms with E-state index in [0.717, 1.165) is 30.6 Å². The molecule has 0 aromatic heterocycles. The van der Waals surface area contributed by atoms with Crippen LogP contribution in [-0.4, -0.2) is 46.7 Å². The molecule has 2 atom stereocenters. The minimum absolute atomic E-state index is 0.0557. The summed E-state index contributed by atoms with van der Waals surface area (Å²) in [5, 5.41) is 0.499. The summed E-state index contributed by atoms with van der Waals surface area (Å²) in [7, 11) is -0.486. The molecule has 0 aliphatic carbocycles. The summed E-state index contributed by atoms with van der Waals surface area (Å²) in [5.74, 6) is 1.39. The number of fused-ring (bicyclic) bond motifs is 1. The molecule has 0 saturated carbocycles. The molecule has 2 aromatic rings. The Morgan fingerprint density at radius 2 is 1.74 bits per heavy atom. The van der Waals surface area contributed by atoms with Gasteiger partial charge in [-0.3, -0.25) is 4.90 Å². The summed E-state index contributed by atoms with van der Waals surface area (Å²) in [6.07, 6.45) is 0.870. The van der Waals surface area contributed by atoms with Crippen molar-refractivity contribution in [1.82, 2.24) is 9.62 Å². The lowest BCUT2D eigenvalue weighted by atomic mass is 9.84. The number of nitrogens with zero attached hydrogens (tertiary/aromatic N) is 1. The number of hydrogen-bond acceptors (Lipinski definition) is 5. The highest BCUT2D eigenvalue weighted by molar-refractivity contribution is 7.89. The molecule has 0 radical (unpaired) electrons. The summed E-state index contributed by atoms with van der Waals surface area (Å²) >= 11 is 5.94. The van der Waals surface area contributed by atoms with Crippen LogP contribution in [0.15, 0.2) is 41.3 Å². The van der Waals surface area contributed by atoms with E-state index in [1.165, 1.54) is 12.1 Å². The van der Waals surface area contributed by atoms with Crippen LogP contribution in [0.1, 0.15) is 37.9 Å². The maximum atomic E-state index is 13.2. The first-order valence-corrected chi connectivity index (χ1v) is 12.3. The van der Waals surface area contributed by atoms with E-state index < -0.39 is 10.0 Å². The first-order valence-electron chi connectivity index (χ1n) is 10.5. The molecule has 1 N–H and O–H groups in total. The Kier molecular flexibility index (Phi) is 7.52. The lowest BCUT2D eigenvalue weighted by Crippen LogP contribution is -2.51. The molecule has 0 spiro atoms. The van der Waals surface area contributed by atoms with E-state index in [1.54, 1.807) is 26.4 Å². The monoisotopic (exact) mass is 466 g/mol. The normalized spacial score (nSPS) is 18.0. The molecular formula is C23H31ClN2O4S. The lowest BCUT2D eigenvalue weighted by molar-refractivity contribution is 0.141. The third kappa shape index (κ3) is 5.00. The Bertz CT molecular complexity index is 1010. The topological polar surface area (TPSA) is 67.9 Å². The van der Waals surface area contributed by atoms with Gasteiger partial charge in [-0.05, 0) is 66.4 Å². The van der Waals surface area contributed by atoms with Gasteiger partial charge in [-0.25, -0.2) is 13.1 Å². The largest absolute Gasteiger partial charge is 0.493 e. The number of benzene rings is 2. The van der Waals surface area contributed by atoms with Crippen molar-refractivity contribution >= 4 is 21.6 Å². The van der Waals surface area contributed by atoms with E-state index in [2.05, 4.69) is 16.5 Å². The highest BCUT2D eigenvalue weighted by Crippen LogP contribution is 2.41. The van der Waals surface area contributed by atoms with Gasteiger partial charge in [0, 0.05) is 17.6 Å². The summed E-state index contributed by atoms with van der Waals surface area (Å²) < 4.78 is 40.4. The van der Waals surface area contributed by atoms with Gasteiger partial charge in [-0.2, -0.15) is 0 Å². The number of methoxy groups -OCH3 is 2. The highest BCUT2D eigenvalue weighted by atomic mass is 35.5. The fourth-order valence-electron chi connectivity index (χ4n) is 4.23. The van der Waals surface area contributed by atoms with E-state index in [9.17, 15) is 8.42 Å². The van der Waals surface area contributed by atoms with E-state index in [0.29, 0.717) is 16.5 Å². The smallest absolute Gasteiger partial charge is 0.240 e. The summed E-state index contributed by atoms with van der Waals surface area (Å²) in [6.45, 7) is 7.83. The van der Waals surface area contributed by atoms with Gasteiger partial charge in [-0.15, -0.1) is 0 Å². The molecule has 6 nitrogen and oxygen atoms in total. The van der Waals surface area contributed by atoms with Crippen LogP contribution in [-0.2, 0) is 16.4 Å². The van der Waals surface area contributed by atoms with Crippen LogP contribution in [0.4, 0.5) is 0 Å². The van der Waals surface area contributed by atoms with Crippen LogP contribution in [0.5, 0.6) is 11.5 Å². The maximum absolute atomic E-state index is 13.2. The Balaban J connectivity index is 2.06. The Labute approximate surface area is 190 Å². The zero-order valence-electron chi connectivity index (χ0n) is 18.7. The zero-order chi connectivity index (χ0) is 22.8. The first kappa shape index (κ1) is 23.9. The fourth-order valence-corrected chi connectivity index (χ4v) is 5.75. The maximum Gasteiger partial charge on any atom is 0.240 e. The van der Waals surface area contributed by atoms with Crippen molar-refractivity contribution in [2.45, 2.75) is 44.2 Å². The first-order chi connectivity index (χ1) is 14.7. The predicted molar refractivity (Wildman–Crippen MR) is 124 cm³/mol. The Morgan fingerprint density at radius 3 is 2.29 bits per heavy atom. The van der Waals surface area contributed by atoms with Gasteiger partial charge in [0.15, 0.2) is 11.5 Å². The van der Waals surface area contributed by atoms with Gasteiger partial charge < -0.3 is 9.47 Å². The van der Waals surface area contributed by atoms with Gasteiger partial charge >= 0.3 is 0 Å². The van der Waals surface area contributed by atoms with Gasteiger partial charge in [0.1, 0.15) is 0 Å². The van der Waals surface area contributed by atoms with Crippen molar-refractivity contribution in [3.8, 4) is 11.5 Å². The second kappa shape index (κ2) is 9.77. The molecule has 31 heavy (non-hydrogen) atoms. The number of hydrogen-bond donors (Lipinski definition) is 1. The molecule has 1 heterocycles. The second-order valence-electron chi connectivity index (χ2n) is 8.07. The number of halogens is 1. The molecule has 1 aliphatic rings. The van der Waals surface area contributed by atoms with Crippen LogP contribution >= 0.6 is 11.6 Å². The minimum Gasteiger partial charge on any atom is -0.493 e. The Hall–Kier alpha value is -1.80. The quantitative estimate of drug-likeness (QED) is 0.628. The fraction of sp³-hybridized carbons (Fsp3) is 0.478. The van der Waals surface area contributed by atoms with Crippen molar-refractivity contribution in [3.05, 3.63) is 52.5 Å². The van der Waals surface area contributed by atoms with Crippen molar-refractivity contribution in [2.24, 2.45) is 5.92 Å². The van der Waals surface area contributed by atoms with Crippen molar-refractivity contribution in [3.63, 3.8) is 0 Å². The molecular weight excluding hydrogens is 436 g/mol. The van der Waals surface area contributed by atoms with Crippen LogP contribution < -0.4 is 14.2 Å². The van der Waals surface area contributed by atoms with Crippen molar-refractivity contribution in [2.75, 3.05) is 27.3 Å². The van der Waals surface area contributed by atoms with Gasteiger partial charge in [-0.1, -0.05) is 32.4 Å². The summed E-state index contributed by atoms with van der Waals surface area (Å²) in [4.78, 5) is 2.53. The van der Waals surface area contributed by atoms with E-state index in [1.807, 2.05) is 26.0 Å². The molecule has 8 heteroatoms. The molecule has 0 fully saturated rings. The molecule has 3 rings (SSSR count). The number of rotatable bonds is 8. The van der Waals surface area contributed by atoms with Crippen LogP contribution in [0.25, 0.3) is 0 Å². The molecule has 0 amide bonds. The predicted octanol–water partition coefficient (Wildman–Crippen LogP) is 4.28. The van der Waals surface area contributed by atoms with E-state index in [-0.39, 0.29) is 22.9 Å². The van der Waals surface area contributed by atoms with Gasteiger partial charge in [0.2, 0.25) is 10.0 Å². The number of sulfonamides is 1. The second-order valence-corrected chi connectivity index (χ2v) is 10.2. The standard InChI is InChI=1S/C23H31ClN2O4S/c1-6-26-12-11-16-13-20(29-4)21(30-5)14-19(16)23(26)22(15(2)3)25-31(27,28)18-9-7-17(24)8-10-18/h7-10,13-15,22-23,25H,6,11-12H2,1-5H3. The highest BCUT2D eigenvalue weighted by Gasteiger charge is 2.38. The summed E-state index contributed by atoms with van der Waals surface area (Å²) in [6, 6.07) is 9.78. The molecule has 2 unspecified atom stereocenters. The van der Waals surface area contributed by atoms with Gasteiger partial charge in [0.25, 0.3) is 0 Å². The minimum atomic E-state index is -3.72. The zero-order valence-corrected chi connectivity index (χ0v) is 20.3. The van der Waals surface area contributed by atoms with E-state index >= 15 is 0 Å². The van der Waals surface area contributed by atoms with Crippen LogP contribution in [0.3, 0.4) is 0 Å². The lowest BCUT2D eigenvalue weighted by Gasteiger charge is -2.43. The molecule has 0 saturated heterocycles. The van der Waals surface area contributed by atoms with Crippen LogP contribution in [0.2, 0.25) is 5.02 Å². The number of nitrogens with one attached hydrogen (secondary N) is 1. The van der Waals surface area contributed by atoms with Crippen molar-refractivity contribution in [1.29, 1.82) is 0 Å². The third-order valence-electron chi connectivity index (χ3n) is 5.91. The summed E-state index contributed by atoms with van der Waals surface area (Å²) in [5.41, 5.74) is 2.23. The van der Waals surface area contributed by atoms with Gasteiger partial charge in [0.05, 0.1) is 25.2 Å².